The minimum absolute atomic E-state index is 0.639. The predicted octanol–water partition coefficient (Wildman–Crippen LogP) is 0.868. The van der Waals surface area contributed by atoms with Gasteiger partial charge in [0.05, 0.1) is 7.05 Å². The molecule has 0 bridgehead atoms. The highest BCUT2D eigenvalue weighted by Gasteiger charge is 2.36. The highest BCUT2D eigenvalue weighted by atomic mass is 19.4. The molecule has 0 aliphatic carbocycles. The van der Waals surface area contributed by atoms with Crippen molar-refractivity contribution in [3.8, 4) is 0 Å². The van der Waals surface area contributed by atoms with Crippen LogP contribution in [0.3, 0.4) is 0 Å². The van der Waals surface area contributed by atoms with Gasteiger partial charge in [0, 0.05) is 6.07 Å². The van der Waals surface area contributed by atoms with E-state index in [1.807, 2.05) is 0 Å². The van der Waals surface area contributed by atoms with E-state index in [9.17, 15) is 13.2 Å². The van der Waals surface area contributed by atoms with Gasteiger partial charge in [0.1, 0.15) is 0 Å². The van der Waals surface area contributed by atoms with Crippen LogP contribution in [0.25, 0.3) is 0 Å². The molecular formula is C6H8F3N2+. The second-order valence-corrected chi connectivity index (χ2v) is 2.30. The summed E-state index contributed by atoms with van der Waals surface area (Å²) in [5, 5.41) is 0. The Hall–Kier alpha value is -1.00. The van der Waals surface area contributed by atoms with Crippen LogP contribution in [0.5, 0.6) is 0 Å². The van der Waals surface area contributed by atoms with Crippen molar-refractivity contribution in [1.82, 2.24) is 4.68 Å². The van der Waals surface area contributed by atoms with Gasteiger partial charge in [-0.2, -0.15) is 17.9 Å². The van der Waals surface area contributed by atoms with E-state index in [0.717, 1.165) is 10.7 Å². The third kappa shape index (κ3) is 1.36. The topological polar surface area (TPSA) is 8.81 Å². The first-order valence-corrected chi connectivity index (χ1v) is 3.02. The Kier molecular flexibility index (Phi) is 1.66. The largest absolute Gasteiger partial charge is 0.436 e. The SMILES string of the molecule is Cn1c(C(F)(F)F)cc[n+]1C. The minimum Gasteiger partial charge on any atom is -0.164 e. The second kappa shape index (κ2) is 2.25. The zero-order valence-corrected chi connectivity index (χ0v) is 6.18. The van der Waals surface area contributed by atoms with Gasteiger partial charge >= 0.3 is 6.18 Å². The summed E-state index contributed by atoms with van der Waals surface area (Å²) >= 11 is 0. The normalized spacial score (nSPS) is 12.1. The van der Waals surface area contributed by atoms with Crippen molar-refractivity contribution < 1.29 is 17.9 Å². The molecule has 5 heteroatoms. The Morgan fingerprint density at radius 3 is 2.18 bits per heavy atom. The van der Waals surface area contributed by atoms with Gasteiger partial charge in [-0.1, -0.05) is 0 Å². The van der Waals surface area contributed by atoms with E-state index in [1.54, 1.807) is 7.05 Å². The molecule has 1 aromatic heterocycles. The first-order chi connectivity index (χ1) is 4.93. The summed E-state index contributed by atoms with van der Waals surface area (Å²) in [7, 11) is 2.91. The number of hydrogen-bond donors (Lipinski definition) is 0. The number of nitrogens with zero attached hydrogens (tertiary/aromatic N) is 2. The molecule has 1 heterocycles. The van der Waals surface area contributed by atoms with E-state index < -0.39 is 11.9 Å². The molecule has 62 valence electrons. The van der Waals surface area contributed by atoms with Crippen molar-refractivity contribution in [3.05, 3.63) is 18.0 Å². The summed E-state index contributed by atoms with van der Waals surface area (Å²) < 4.78 is 38.5. The number of aryl methyl sites for hydroxylation is 1. The van der Waals surface area contributed by atoms with E-state index >= 15 is 0 Å². The van der Waals surface area contributed by atoms with Crippen molar-refractivity contribution in [1.29, 1.82) is 0 Å². The first-order valence-electron chi connectivity index (χ1n) is 3.02. The maximum absolute atomic E-state index is 12.0. The molecule has 0 atom stereocenters. The van der Waals surface area contributed by atoms with Crippen molar-refractivity contribution in [2.45, 2.75) is 6.18 Å². The third-order valence-corrected chi connectivity index (χ3v) is 1.56. The molecule has 0 aliphatic heterocycles. The Balaban J connectivity index is 3.15. The van der Waals surface area contributed by atoms with E-state index in [2.05, 4.69) is 0 Å². The molecular weight excluding hydrogens is 157 g/mol. The van der Waals surface area contributed by atoms with Gasteiger partial charge in [-0.3, -0.25) is 0 Å². The predicted molar refractivity (Wildman–Crippen MR) is 31.6 cm³/mol. The molecule has 0 saturated heterocycles. The van der Waals surface area contributed by atoms with E-state index in [-0.39, 0.29) is 0 Å². The first kappa shape index (κ1) is 8.10. The molecule has 1 aromatic rings. The Bertz CT molecular complexity index is 261. The molecule has 0 fully saturated rings. The van der Waals surface area contributed by atoms with Crippen molar-refractivity contribution >= 4 is 0 Å². The van der Waals surface area contributed by atoms with Gasteiger partial charge in [0.25, 0.3) is 0 Å². The number of hydrogen-bond acceptors (Lipinski definition) is 0. The molecule has 0 N–H and O–H groups in total. The van der Waals surface area contributed by atoms with E-state index in [1.165, 1.54) is 17.9 Å². The molecule has 0 radical (unpaired) electrons. The lowest BCUT2D eigenvalue weighted by Gasteiger charge is -2.03. The smallest absolute Gasteiger partial charge is 0.164 e. The fraction of sp³-hybridized carbons (Fsp3) is 0.500. The average Bonchev–Trinajstić information content (AvgIpc) is 2.11. The van der Waals surface area contributed by atoms with Crippen LogP contribution in [0, 0.1) is 0 Å². The van der Waals surface area contributed by atoms with Crippen molar-refractivity contribution in [3.63, 3.8) is 0 Å². The summed E-state index contributed by atoms with van der Waals surface area (Å²) in [6.07, 6.45) is -2.89. The molecule has 0 amide bonds. The molecule has 0 aromatic carbocycles. The van der Waals surface area contributed by atoms with Crippen LogP contribution in [0.1, 0.15) is 5.69 Å². The Morgan fingerprint density at radius 1 is 1.45 bits per heavy atom. The van der Waals surface area contributed by atoms with Gasteiger partial charge in [0.15, 0.2) is 18.9 Å². The summed E-state index contributed by atoms with van der Waals surface area (Å²) in [4.78, 5) is 0. The molecule has 2 nitrogen and oxygen atoms in total. The van der Waals surface area contributed by atoms with Gasteiger partial charge in [-0.15, -0.1) is 4.68 Å². The number of halogens is 3. The van der Waals surface area contributed by atoms with Gasteiger partial charge < -0.3 is 0 Å². The molecule has 1 rings (SSSR count). The van der Waals surface area contributed by atoms with Crippen molar-refractivity contribution in [2.75, 3.05) is 0 Å². The van der Waals surface area contributed by atoms with Gasteiger partial charge in [0.2, 0.25) is 0 Å². The lowest BCUT2D eigenvalue weighted by molar-refractivity contribution is -0.752. The van der Waals surface area contributed by atoms with Crippen LogP contribution in [0.2, 0.25) is 0 Å². The summed E-state index contributed by atoms with van der Waals surface area (Å²) in [6, 6.07) is 1.04. The monoisotopic (exact) mass is 165 g/mol. The Morgan fingerprint density at radius 2 is 2.00 bits per heavy atom. The van der Waals surface area contributed by atoms with Gasteiger partial charge in [-0.25, -0.2) is 0 Å². The standard InChI is InChI=1S/C6H8F3N2/c1-10-4-3-5(11(10)2)6(7,8)9/h3-4H,1-2H3/q+1. The second-order valence-electron chi connectivity index (χ2n) is 2.30. The number of alkyl halides is 3. The zero-order valence-electron chi connectivity index (χ0n) is 6.18. The van der Waals surface area contributed by atoms with Crippen LogP contribution >= 0.6 is 0 Å². The summed E-state index contributed by atoms with van der Waals surface area (Å²) in [6.45, 7) is 0. The highest BCUT2D eigenvalue weighted by molar-refractivity contribution is 5.00. The number of rotatable bonds is 0. The van der Waals surface area contributed by atoms with Crippen LogP contribution in [0.4, 0.5) is 13.2 Å². The van der Waals surface area contributed by atoms with Gasteiger partial charge in [-0.05, 0) is 0 Å². The molecule has 0 aliphatic rings. The lowest BCUT2D eigenvalue weighted by Crippen LogP contribution is -2.38. The van der Waals surface area contributed by atoms with Crippen molar-refractivity contribution in [2.24, 2.45) is 14.1 Å². The molecule has 0 saturated carbocycles. The van der Waals surface area contributed by atoms with E-state index in [0.29, 0.717) is 0 Å². The van der Waals surface area contributed by atoms with Crippen LogP contribution in [-0.4, -0.2) is 4.68 Å². The maximum Gasteiger partial charge on any atom is 0.436 e. The summed E-state index contributed by atoms with van der Waals surface area (Å²) in [5.74, 6) is 0. The molecule has 11 heavy (non-hydrogen) atoms. The zero-order chi connectivity index (χ0) is 8.65. The lowest BCUT2D eigenvalue weighted by atomic mass is 10.4. The van der Waals surface area contributed by atoms with Crippen LogP contribution < -0.4 is 4.68 Å². The maximum atomic E-state index is 12.0. The van der Waals surface area contributed by atoms with E-state index in [4.69, 9.17) is 0 Å². The highest BCUT2D eigenvalue weighted by Crippen LogP contribution is 2.27. The molecule has 0 unspecified atom stereocenters. The fourth-order valence-corrected chi connectivity index (χ4v) is 0.834. The minimum atomic E-state index is -4.25. The fourth-order valence-electron chi connectivity index (χ4n) is 0.834. The average molecular weight is 165 g/mol. The number of aromatic nitrogens is 2. The quantitative estimate of drug-likeness (QED) is 0.504. The van der Waals surface area contributed by atoms with Crippen LogP contribution in [0.15, 0.2) is 12.3 Å². The van der Waals surface area contributed by atoms with Crippen LogP contribution in [-0.2, 0) is 20.3 Å². The summed E-state index contributed by atoms with van der Waals surface area (Å²) in [5.41, 5.74) is -0.639. The third-order valence-electron chi connectivity index (χ3n) is 1.56. The Labute approximate surface area is 61.8 Å². The molecule has 0 spiro atoms.